The van der Waals surface area contributed by atoms with E-state index in [-0.39, 0.29) is 17.8 Å². The van der Waals surface area contributed by atoms with Crippen molar-refractivity contribution in [3.63, 3.8) is 0 Å². The molecule has 4 heterocycles. The first-order chi connectivity index (χ1) is 23.3. The summed E-state index contributed by atoms with van der Waals surface area (Å²) in [6.45, 7) is 21.5. The Morgan fingerprint density at radius 2 is 1.88 bits per heavy atom. The van der Waals surface area contributed by atoms with Gasteiger partial charge in [-0.15, -0.1) is 24.5 Å². The number of anilines is 1. The summed E-state index contributed by atoms with van der Waals surface area (Å²) >= 11 is 1.57. The van der Waals surface area contributed by atoms with E-state index in [4.69, 9.17) is 24.5 Å². The van der Waals surface area contributed by atoms with Crippen LogP contribution in [0.2, 0.25) is 0 Å². The number of carbonyl (C=O) groups is 1. The number of nitrogens with zero attached hydrogens (tertiary/aromatic N) is 5. The lowest BCUT2D eigenvalue weighted by Gasteiger charge is -2.41. The number of allylic oxidation sites excluding steroid dienone is 2. The summed E-state index contributed by atoms with van der Waals surface area (Å²) < 4.78 is 28.0. The van der Waals surface area contributed by atoms with Crippen molar-refractivity contribution in [3.05, 3.63) is 88.9 Å². The van der Waals surface area contributed by atoms with Crippen LogP contribution in [0.15, 0.2) is 55.8 Å². The fraction of sp³-hybridized carbons (Fsp3) is 0.487. The number of ether oxygens (including phenoxy) is 2. The first kappa shape index (κ1) is 36.4. The Morgan fingerprint density at radius 3 is 2.55 bits per heavy atom. The number of hydrogen-bond acceptors (Lipinski definition) is 8. The summed E-state index contributed by atoms with van der Waals surface area (Å²) in [5.41, 5.74) is 4.38. The van der Waals surface area contributed by atoms with Crippen LogP contribution < -0.4 is 4.90 Å². The standard InChI is InChI=1S/C39H50FN5O3S/c1-9-12-14-27-22-29(40)16-15-28(27)23-30-25-41-35(49-30)31-24-32-42-26(4)33(34(37(46)47-11-3)48-38(5,6)7)36(45(32)43-31)44-20-18-39(8,19-21-44)17-13-10-2/h9-10,15-16,22,24-25,34H,1-2,11-14,17-21,23H2,3-8H3. The van der Waals surface area contributed by atoms with Gasteiger partial charge >= 0.3 is 5.97 Å². The van der Waals surface area contributed by atoms with Crippen LogP contribution in [0.25, 0.3) is 16.3 Å². The average Bonchev–Trinajstić information content (AvgIpc) is 3.69. The minimum Gasteiger partial charge on any atom is -0.464 e. The molecule has 1 aliphatic heterocycles. The number of halogens is 1. The predicted octanol–water partition coefficient (Wildman–Crippen LogP) is 9.00. The van der Waals surface area contributed by atoms with Crippen LogP contribution in [0.5, 0.6) is 0 Å². The number of carbonyl (C=O) groups excluding carboxylic acids is 1. The number of thiazole rings is 1. The minimum atomic E-state index is -0.981. The third-order valence-corrected chi connectivity index (χ3v) is 10.2. The second-order valence-corrected chi connectivity index (χ2v) is 15.4. The first-order valence-electron chi connectivity index (χ1n) is 17.3. The molecule has 0 spiro atoms. The van der Waals surface area contributed by atoms with Crippen LogP contribution in [0.1, 0.15) is 100 Å². The Kier molecular flexibility index (Phi) is 11.4. The lowest BCUT2D eigenvalue weighted by Crippen LogP contribution is -2.41. The van der Waals surface area contributed by atoms with Gasteiger partial charge in [0.15, 0.2) is 11.8 Å². The molecule has 0 bridgehead atoms. The molecule has 1 aromatic carbocycles. The van der Waals surface area contributed by atoms with E-state index < -0.39 is 17.7 Å². The molecule has 8 nitrogen and oxygen atoms in total. The molecule has 0 saturated carbocycles. The lowest BCUT2D eigenvalue weighted by molar-refractivity contribution is -0.166. The van der Waals surface area contributed by atoms with Crippen LogP contribution in [-0.4, -0.2) is 50.8 Å². The van der Waals surface area contributed by atoms with Crippen molar-refractivity contribution in [3.8, 4) is 10.7 Å². The van der Waals surface area contributed by atoms with Gasteiger partial charge in [0.1, 0.15) is 22.3 Å². The van der Waals surface area contributed by atoms with E-state index in [0.717, 1.165) is 78.4 Å². The number of hydrogen-bond donors (Lipinski definition) is 0. The van der Waals surface area contributed by atoms with E-state index in [1.165, 1.54) is 6.07 Å². The molecule has 0 aliphatic carbocycles. The SMILES string of the molecule is C=CCCc1cc(F)ccc1Cc1cnc(-c2cc3nc(C)c(C(OC(C)(C)C)C(=O)OCC)c(N4CCC(C)(CCC=C)CC4)n3n2)s1. The number of rotatable bonds is 14. The molecule has 0 N–H and O–H groups in total. The highest BCUT2D eigenvalue weighted by molar-refractivity contribution is 7.15. The van der Waals surface area contributed by atoms with Gasteiger partial charge in [0.05, 0.1) is 17.8 Å². The fourth-order valence-electron chi connectivity index (χ4n) is 6.54. The summed E-state index contributed by atoms with van der Waals surface area (Å²) in [4.78, 5) is 26.7. The molecule has 0 amide bonds. The smallest absolute Gasteiger partial charge is 0.340 e. The Hall–Kier alpha value is -3.89. The average molecular weight is 688 g/mol. The topological polar surface area (TPSA) is 81.8 Å². The fourth-order valence-corrected chi connectivity index (χ4v) is 7.43. The highest BCUT2D eigenvalue weighted by atomic mass is 32.1. The maximum Gasteiger partial charge on any atom is 0.340 e. The first-order valence-corrected chi connectivity index (χ1v) is 18.1. The predicted molar refractivity (Wildman–Crippen MR) is 196 cm³/mol. The Labute approximate surface area is 294 Å². The maximum absolute atomic E-state index is 14.1. The summed E-state index contributed by atoms with van der Waals surface area (Å²) in [5, 5.41) is 5.87. The van der Waals surface area contributed by atoms with Gasteiger partial charge in [-0.3, -0.25) is 0 Å². The Morgan fingerprint density at radius 1 is 1.14 bits per heavy atom. The number of fused-ring (bicyclic) bond motifs is 1. The Balaban J connectivity index is 1.57. The zero-order valence-corrected chi connectivity index (χ0v) is 30.7. The molecule has 262 valence electrons. The molecule has 1 atom stereocenters. The number of benzene rings is 1. The van der Waals surface area contributed by atoms with Gasteiger partial charge in [0, 0.05) is 42.3 Å². The molecule has 4 aromatic rings. The molecule has 1 fully saturated rings. The highest BCUT2D eigenvalue weighted by Gasteiger charge is 2.38. The summed E-state index contributed by atoms with van der Waals surface area (Å²) in [6, 6.07) is 6.95. The monoisotopic (exact) mass is 687 g/mol. The van der Waals surface area contributed by atoms with Crippen molar-refractivity contribution in [2.75, 3.05) is 24.6 Å². The third-order valence-electron chi connectivity index (χ3n) is 9.18. The van der Waals surface area contributed by atoms with Crippen LogP contribution in [-0.2, 0) is 27.1 Å². The van der Waals surface area contributed by atoms with Gasteiger partial charge in [0.2, 0.25) is 0 Å². The molecule has 1 aliphatic rings. The van der Waals surface area contributed by atoms with E-state index in [0.29, 0.717) is 29.0 Å². The largest absolute Gasteiger partial charge is 0.464 e. The van der Waals surface area contributed by atoms with Crippen LogP contribution in [0, 0.1) is 18.2 Å². The van der Waals surface area contributed by atoms with Crippen LogP contribution in [0.3, 0.4) is 0 Å². The lowest BCUT2D eigenvalue weighted by atomic mass is 9.76. The molecular formula is C39H50FN5O3S. The van der Waals surface area contributed by atoms with Gasteiger partial charge in [-0.05, 0) is 102 Å². The van der Waals surface area contributed by atoms with Crippen molar-refractivity contribution in [2.45, 2.75) is 98.2 Å². The van der Waals surface area contributed by atoms with E-state index >= 15 is 0 Å². The van der Waals surface area contributed by atoms with Crippen molar-refractivity contribution >= 4 is 28.8 Å². The van der Waals surface area contributed by atoms with Crippen molar-refractivity contribution in [1.82, 2.24) is 19.6 Å². The molecule has 3 aromatic heterocycles. The molecule has 10 heteroatoms. The van der Waals surface area contributed by atoms with E-state index in [1.807, 2.05) is 62.7 Å². The van der Waals surface area contributed by atoms with Gasteiger partial charge in [-0.25, -0.2) is 19.2 Å². The zero-order chi connectivity index (χ0) is 35.3. The number of aryl methyl sites for hydroxylation is 2. The summed E-state index contributed by atoms with van der Waals surface area (Å²) in [5.74, 6) is 0.126. The van der Waals surface area contributed by atoms with E-state index in [9.17, 15) is 9.18 Å². The molecule has 1 saturated heterocycles. The molecular weight excluding hydrogens is 638 g/mol. The second kappa shape index (κ2) is 15.3. The second-order valence-electron chi connectivity index (χ2n) is 14.3. The maximum atomic E-state index is 14.1. The van der Waals surface area contributed by atoms with Gasteiger partial charge in [-0.2, -0.15) is 9.61 Å². The van der Waals surface area contributed by atoms with Gasteiger partial charge in [0.25, 0.3) is 0 Å². The van der Waals surface area contributed by atoms with E-state index in [2.05, 4.69) is 25.0 Å². The van der Waals surface area contributed by atoms with Gasteiger partial charge < -0.3 is 14.4 Å². The molecule has 1 unspecified atom stereocenters. The van der Waals surface area contributed by atoms with Crippen LogP contribution in [0.4, 0.5) is 10.2 Å². The summed E-state index contributed by atoms with van der Waals surface area (Å²) in [6.07, 6.45) is 11.0. The van der Waals surface area contributed by atoms with Crippen molar-refractivity contribution in [2.24, 2.45) is 5.41 Å². The number of esters is 1. The molecule has 49 heavy (non-hydrogen) atoms. The van der Waals surface area contributed by atoms with Crippen LogP contribution >= 0.6 is 11.3 Å². The molecule has 5 rings (SSSR count). The van der Waals surface area contributed by atoms with Crippen molar-refractivity contribution < 1.29 is 18.7 Å². The minimum absolute atomic E-state index is 0.205. The summed E-state index contributed by atoms with van der Waals surface area (Å²) in [7, 11) is 0. The van der Waals surface area contributed by atoms with Crippen molar-refractivity contribution in [1.29, 1.82) is 0 Å². The molecule has 0 radical (unpaired) electrons. The number of piperidine rings is 1. The quantitative estimate of drug-likeness (QED) is 0.0967. The zero-order valence-electron chi connectivity index (χ0n) is 29.9. The number of aromatic nitrogens is 4. The third kappa shape index (κ3) is 8.65. The normalized spacial score (nSPS) is 15.4. The van der Waals surface area contributed by atoms with E-state index in [1.54, 1.807) is 24.3 Å². The Bertz CT molecular complexity index is 1800. The highest BCUT2D eigenvalue weighted by Crippen LogP contribution is 2.41. The van der Waals surface area contributed by atoms with Gasteiger partial charge in [-0.1, -0.05) is 25.1 Å².